The molecule has 0 aromatic heterocycles. The van der Waals surface area contributed by atoms with Crippen molar-refractivity contribution in [2.75, 3.05) is 0 Å². The largest absolute Gasteiger partial charge is 1.00 e. The van der Waals surface area contributed by atoms with Crippen molar-refractivity contribution >= 4 is 0 Å². The number of hydrogen-bond acceptors (Lipinski definition) is 0. The van der Waals surface area contributed by atoms with Crippen LogP contribution in [0.5, 0.6) is 0 Å². The Balaban J connectivity index is -0.00000000667. The summed E-state index contributed by atoms with van der Waals surface area (Å²) in [5, 5.41) is 0. The molecule has 0 saturated carbocycles. The van der Waals surface area contributed by atoms with Crippen LogP contribution >= 0.6 is 0 Å². The first-order valence-corrected chi connectivity index (χ1v) is 1.21. The number of rotatable bonds is 0. The summed E-state index contributed by atoms with van der Waals surface area (Å²) in [6, 6.07) is 0. The van der Waals surface area contributed by atoms with E-state index in [9.17, 15) is 0 Å². The Bertz CT molecular complexity index is 8.75. The van der Waals surface area contributed by atoms with Gasteiger partial charge in [0.15, 0.2) is 0 Å². The SMILES string of the molecule is [CH2]CC.[Ce].[Cl-].[Cl-]. The molecule has 0 rings (SSSR count). The normalized spacial score (nSPS) is 3.00. The Morgan fingerprint density at radius 1 is 1.33 bits per heavy atom. The molecule has 1 radical (unpaired) electrons. The standard InChI is InChI=1S/C3H7.Ce.2ClH/c1-3-2;;;/h1,3H2,2H3;;2*1H/p-2. The van der Waals surface area contributed by atoms with Gasteiger partial charge in [0.25, 0.3) is 0 Å². The van der Waals surface area contributed by atoms with Crippen molar-refractivity contribution in [2.45, 2.75) is 13.3 Å². The van der Waals surface area contributed by atoms with Gasteiger partial charge >= 0.3 is 0 Å². The van der Waals surface area contributed by atoms with Gasteiger partial charge < -0.3 is 24.8 Å². The Kier molecular flexibility index (Phi) is 116. The van der Waals surface area contributed by atoms with Crippen LogP contribution in [0.25, 0.3) is 0 Å². The molecule has 0 fully saturated rings. The second-order valence-electron chi connectivity index (χ2n) is 0.500. The number of hydrogen-bond donors (Lipinski definition) is 0. The van der Waals surface area contributed by atoms with E-state index in [4.69, 9.17) is 0 Å². The van der Waals surface area contributed by atoms with Crippen LogP contribution in [-0.4, -0.2) is 0 Å². The van der Waals surface area contributed by atoms with Gasteiger partial charge in [-0.25, -0.2) is 0 Å². The minimum absolute atomic E-state index is 0. The zero-order chi connectivity index (χ0) is 2.71. The van der Waals surface area contributed by atoms with Crippen LogP contribution in [-0.2, 0) is 0 Å². The maximum absolute atomic E-state index is 3.49. The van der Waals surface area contributed by atoms with Gasteiger partial charge in [0.05, 0.1) is 0 Å². The van der Waals surface area contributed by atoms with Gasteiger partial charge in [0, 0.05) is 41.7 Å². The van der Waals surface area contributed by atoms with Crippen molar-refractivity contribution in [3.05, 3.63) is 6.92 Å². The molecule has 0 aliphatic heterocycles. The van der Waals surface area contributed by atoms with Crippen molar-refractivity contribution in [1.29, 1.82) is 0 Å². The maximum atomic E-state index is 3.49. The van der Waals surface area contributed by atoms with Gasteiger partial charge in [0.2, 0.25) is 0 Å². The zero-order valence-electron chi connectivity index (χ0n) is 3.67. The predicted octanol–water partition coefficient (Wildman–Crippen LogP) is -4.76. The van der Waals surface area contributed by atoms with Crippen LogP contribution < -0.4 is 24.8 Å². The van der Waals surface area contributed by atoms with E-state index in [1.165, 1.54) is 0 Å². The van der Waals surface area contributed by atoms with Crippen molar-refractivity contribution < 1.29 is 66.6 Å². The van der Waals surface area contributed by atoms with Crippen molar-refractivity contribution in [3.8, 4) is 0 Å². The first-order chi connectivity index (χ1) is 1.41. The molecule has 0 aliphatic carbocycles. The summed E-state index contributed by atoms with van der Waals surface area (Å²) >= 11 is 0. The molecule has 0 heterocycles. The average Bonchev–Trinajstić information content (AvgIpc) is 0.918. The second kappa shape index (κ2) is 28.2. The Hall–Kier alpha value is 1.96. The molecular formula is C3H7CeCl2-2. The van der Waals surface area contributed by atoms with Crippen molar-refractivity contribution in [1.82, 2.24) is 0 Å². The van der Waals surface area contributed by atoms with Crippen LogP contribution in [0.3, 0.4) is 0 Å². The molecule has 0 bridgehead atoms. The molecule has 0 atom stereocenters. The zero-order valence-corrected chi connectivity index (χ0v) is 8.32. The molecule has 0 aliphatic rings. The van der Waals surface area contributed by atoms with E-state index in [0.717, 1.165) is 6.42 Å². The van der Waals surface area contributed by atoms with E-state index in [-0.39, 0.29) is 66.6 Å². The molecule has 39 valence electrons. The molecule has 0 unspecified atom stereocenters. The maximum Gasteiger partial charge on any atom is 0 e. The van der Waals surface area contributed by atoms with E-state index in [1.54, 1.807) is 0 Å². The topological polar surface area (TPSA) is 0 Å². The first-order valence-electron chi connectivity index (χ1n) is 1.21. The molecule has 0 aromatic carbocycles. The molecular weight excluding hydrogens is 247 g/mol. The monoisotopic (exact) mass is 253 g/mol. The van der Waals surface area contributed by atoms with Gasteiger partial charge in [-0.05, 0) is 0 Å². The molecule has 6 heavy (non-hydrogen) atoms. The predicted molar refractivity (Wildman–Crippen MR) is 15.6 cm³/mol. The van der Waals surface area contributed by atoms with Crippen molar-refractivity contribution in [2.24, 2.45) is 0 Å². The fraction of sp³-hybridized carbons (Fsp3) is 0.667. The summed E-state index contributed by atoms with van der Waals surface area (Å²) in [7, 11) is 0. The Morgan fingerprint density at radius 3 is 1.33 bits per heavy atom. The molecule has 0 amide bonds. The van der Waals surface area contributed by atoms with Gasteiger partial charge in [-0.15, -0.1) is 0 Å². The van der Waals surface area contributed by atoms with Gasteiger partial charge in [0.1, 0.15) is 0 Å². The second-order valence-corrected chi connectivity index (χ2v) is 0.500. The van der Waals surface area contributed by atoms with Crippen LogP contribution in [0, 0.1) is 48.7 Å². The molecule has 0 N–H and O–H groups in total. The summed E-state index contributed by atoms with van der Waals surface area (Å²) in [5.74, 6) is 0. The van der Waals surface area contributed by atoms with Crippen LogP contribution in [0.2, 0.25) is 0 Å². The molecule has 0 nitrogen and oxygen atoms in total. The van der Waals surface area contributed by atoms with E-state index < -0.39 is 0 Å². The van der Waals surface area contributed by atoms with Crippen LogP contribution in [0.1, 0.15) is 13.3 Å². The van der Waals surface area contributed by atoms with Gasteiger partial charge in [-0.3, -0.25) is 0 Å². The van der Waals surface area contributed by atoms with E-state index in [1.807, 2.05) is 6.92 Å². The summed E-state index contributed by atoms with van der Waals surface area (Å²) in [6.07, 6.45) is 1.00. The van der Waals surface area contributed by atoms with E-state index in [2.05, 4.69) is 6.92 Å². The summed E-state index contributed by atoms with van der Waals surface area (Å²) in [6.45, 7) is 5.50. The average molecular weight is 254 g/mol. The van der Waals surface area contributed by atoms with Gasteiger partial charge in [-0.1, -0.05) is 20.3 Å². The molecule has 0 spiro atoms. The summed E-state index contributed by atoms with van der Waals surface area (Å²) in [5.41, 5.74) is 0. The fourth-order valence-corrected chi connectivity index (χ4v) is 0. The van der Waals surface area contributed by atoms with Crippen LogP contribution in [0.4, 0.5) is 0 Å². The minimum atomic E-state index is 0. The van der Waals surface area contributed by atoms with E-state index in [0.29, 0.717) is 0 Å². The fourth-order valence-electron chi connectivity index (χ4n) is 0. The minimum Gasteiger partial charge on any atom is -1.00 e. The smallest absolute Gasteiger partial charge is 0 e. The quantitative estimate of drug-likeness (QED) is 0.407. The molecule has 0 saturated heterocycles. The summed E-state index contributed by atoms with van der Waals surface area (Å²) < 4.78 is 0. The molecule has 3 heteroatoms. The van der Waals surface area contributed by atoms with Crippen LogP contribution in [0.15, 0.2) is 0 Å². The Labute approximate surface area is 85.7 Å². The third-order valence-corrected chi connectivity index (χ3v) is 0. The van der Waals surface area contributed by atoms with E-state index >= 15 is 0 Å². The molecule has 0 aromatic rings. The summed E-state index contributed by atoms with van der Waals surface area (Å²) in [4.78, 5) is 0. The van der Waals surface area contributed by atoms with Gasteiger partial charge in [-0.2, -0.15) is 0 Å². The first kappa shape index (κ1) is 24.6. The third kappa shape index (κ3) is 38.2. The Morgan fingerprint density at radius 2 is 1.33 bits per heavy atom. The third-order valence-electron chi connectivity index (χ3n) is 0. The van der Waals surface area contributed by atoms with Crippen molar-refractivity contribution in [3.63, 3.8) is 0 Å². The number of halogens is 2.